The molecule has 1 heterocycles. The second-order valence-electron chi connectivity index (χ2n) is 5.72. The molecule has 0 bridgehead atoms. The predicted molar refractivity (Wildman–Crippen MR) is 82.6 cm³/mol. The first-order valence-corrected chi connectivity index (χ1v) is 7.75. The van der Waals surface area contributed by atoms with E-state index in [0.29, 0.717) is 25.0 Å². The van der Waals surface area contributed by atoms with Gasteiger partial charge in [-0.25, -0.2) is 0 Å². The Morgan fingerprint density at radius 2 is 2.09 bits per heavy atom. The maximum Gasteiger partial charge on any atom is 0.315 e. The zero-order valence-corrected chi connectivity index (χ0v) is 12.9. The van der Waals surface area contributed by atoms with E-state index in [0.717, 1.165) is 12.8 Å². The van der Waals surface area contributed by atoms with Crippen LogP contribution in [-0.2, 0) is 19.7 Å². The largest absolute Gasteiger partial charge is 0.481 e. The van der Waals surface area contributed by atoms with E-state index in [4.69, 9.17) is 4.74 Å². The zero-order chi connectivity index (χ0) is 16.0. The second kappa shape index (κ2) is 7.40. The lowest BCUT2D eigenvalue weighted by Crippen LogP contribution is -2.46. The molecule has 120 valence electrons. The molecule has 0 spiro atoms. The average Bonchev–Trinajstić information content (AvgIpc) is 3.02. The number of ether oxygens (including phenoxy) is 1. The van der Waals surface area contributed by atoms with Crippen LogP contribution in [0.25, 0.3) is 0 Å². The van der Waals surface area contributed by atoms with Crippen molar-refractivity contribution >= 4 is 11.9 Å². The van der Waals surface area contributed by atoms with Gasteiger partial charge >= 0.3 is 5.97 Å². The highest BCUT2D eigenvalue weighted by Gasteiger charge is 2.39. The molecular formula is C17H23NO4. The second-order valence-corrected chi connectivity index (χ2v) is 5.72. The van der Waals surface area contributed by atoms with Crippen molar-refractivity contribution in [3.63, 3.8) is 0 Å². The highest BCUT2D eigenvalue weighted by molar-refractivity contribution is 5.83. The van der Waals surface area contributed by atoms with Gasteiger partial charge in [0.1, 0.15) is 5.41 Å². The number of amides is 1. The van der Waals surface area contributed by atoms with Gasteiger partial charge in [-0.15, -0.1) is 0 Å². The van der Waals surface area contributed by atoms with E-state index in [-0.39, 0.29) is 18.6 Å². The molecule has 0 aliphatic carbocycles. The Balaban J connectivity index is 2.04. The summed E-state index contributed by atoms with van der Waals surface area (Å²) in [6.07, 6.45) is 2.55. The lowest BCUT2D eigenvalue weighted by Gasteiger charge is -2.29. The van der Waals surface area contributed by atoms with Crippen LogP contribution < -0.4 is 5.32 Å². The molecule has 0 aromatic heterocycles. The van der Waals surface area contributed by atoms with E-state index in [1.54, 1.807) is 12.1 Å². The Morgan fingerprint density at radius 3 is 2.64 bits per heavy atom. The number of benzene rings is 1. The van der Waals surface area contributed by atoms with Gasteiger partial charge in [-0.3, -0.25) is 9.59 Å². The van der Waals surface area contributed by atoms with E-state index >= 15 is 0 Å². The molecule has 1 aliphatic heterocycles. The maximum absolute atomic E-state index is 12.0. The number of aliphatic carboxylic acids is 1. The Bertz CT molecular complexity index is 511. The summed E-state index contributed by atoms with van der Waals surface area (Å²) in [4.78, 5) is 23.9. The van der Waals surface area contributed by atoms with Crippen LogP contribution in [-0.4, -0.2) is 36.2 Å². The Kier molecular flexibility index (Phi) is 5.55. The van der Waals surface area contributed by atoms with Crippen molar-refractivity contribution in [2.75, 3.05) is 13.2 Å². The summed E-state index contributed by atoms with van der Waals surface area (Å²) < 4.78 is 5.44. The summed E-state index contributed by atoms with van der Waals surface area (Å²) in [6, 6.07) is 9.07. The van der Waals surface area contributed by atoms with Crippen LogP contribution in [0.4, 0.5) is 0 Å². The van der Waals surface area contributed by atoms with Gasteiger partial charge < -0.3 is 15.2 Å². The van der Waals surface area contributed by atoms with Gasteiger partial charge in [-0.2, -0.15) is 0 Å². The number of hydrogen-bond acceptors (Lipinski definition) is 3. The third kappa shape index (κ3) is 3.65. The normalized spacial score (nSPS) is 20.3. The molecule has 2 unspecified atom stereocenters. The third-order valence-electron chi connectivity index (χ3n) is 4.36. The summed E-state index contributed by atoms with van der Waals surface area (Å²) in [7, 11) is 0. The summed E-state index contributed by atoms with van der Waals surface area (Å²) in [5, 5.41) is 12.5. The summed E-state index contributed by atoms with van der Waals surface area (Å²) in [5.41, 5.74) is -0.379. The molecule has 1 aromatic carbocycles. The molecule has 2 N–H and O–H groups in total. The van der Waals surface area contributed by atoms with Crippen molar-refractivity contribution in [3.05, 3.63) is 35.9 Å². The van der Waals surface area contributed by atoms with Crippen molar-refractivity contribution in [2.24, 2.45) is 0 Å². The number of nitrogens with one attached hydrogen (secondary N) is 1. The number of carbonyl (C=O) groups is 2. The number of carboxylic acid groups (broad SMARTS) is 1. The minimum atomic E-state index is -1.09. The molecule has 22 heavy (non-hydrogen) atoms. The lowest BCUT2D eigenvalue weighted by molar-refractivity contribution is -0.144. The molecule has 1 aliphatic rings. The van der Waals surface area contributed by atoms with Crippen LogP contribution in [0.1, 0.15) is 38.2 Å². The SMILES string of the molecule is CCC(CNC(=O)CC1CCCO1)(C(=O)O)c1ccccc1. The van der Waals surface area contributed by atoms with Crippen LogP contribution >= 0.6 is 0 Å². The molecule has 5 nitrogen and oxygen atoms in total. The van der Waals surface area contributed by atoms with Crippen molar-refractivity contribution < 1.29 is 19.4 Å². The van der Waals surface area contributed by atoms with Crippen molar-refractivity contribution in [1.82, 2.24) is 5.32 Å². The maximum atomic E-state index is 12.0. The van der Waals surface area contributed by atoms with Crippen molar-refractivity contribution in [1.29, 1.82) is 0 Å². The Hall–Kier alpha value is -1.88. The molecular weight excluding hydrogens is 282 g/mol. The predicted octanol–water partition coefficient (Wildman–Crippen LogP) is 2.10. The summed E-state index contributed by atoms with van der Waals surface area (Å²) in [6.45, 7) is 2.62. The standard InChI is InChI=1S/C17H23NO4/c1-2-17(16(20)21,13-7-4-3-5-8-13)12-18-15(19)11-14-9-6-10-22-14/h3-5,7-8,14H,2,6,9-12H2,1H3,(H,18,19)(H,20,21). The molecule has 0 radical (unpaired) electrons. The molecule has 1 amide bonds. The average molecular weight is 305 g/mol. The Labute approximate surface area is 130 Å². The molecule has 5 heteroatoms. The van der Waals surface area contributed by atoms with Gasteiger partial charge in [0.05, 0.1) is 12.5 Å². The first-order chi connectivity index (χ1) is 10.6. The van der Waals surface area contributed by atoms with Gasteiger partial charge in [0.25, 0.3) is 0 Å². The highest BCUT2D eigenvalue weighted by atomic mass is 16.5. The minimum Gasteiger partial charge on any atom is -0.481 e. The van der Waals surface area contributed by atoms with Crippen LogP contribution in [0, 0.1) is 0 Å². The van der Waals surface area contributed by atoms with Gasteiger partial charge in [0.2, 0.25) is 5.91 Å². The topological polar surface area (TPSA) is 75.6 Å². The fraction of sp³-hybridized carbons (Fsp3) is 0.529. The van der Waals surface area contributed by atoms with Crippen molar-refractivity contribution in [3.8, 4) is 0 Å². The zero-order valence-electron chi connectivity index (χ0n) is 12.9. The van der Waals surface area contributed by atoms with Crippen molar-refractivity contribution in [2.45, 2.75) is 44.1 Å². The monoisotopic (exact) mass is 305 g/mol. The first kappa shape index (κ1) is 16.5. The number of carbonyl (C=O) groups excluding carboxylic acids is 1. The minimum absolute atomic E-state index is 0.0300. The lowest BCUT2D eigenvalue weighted by atomic mass is 9.78. The molecule has 0 saturated carbocycles. The molecule has 2 rings (SSSR count). The number of carboxylic acids is 1. The van der Waals surface area contributed by atoms with E-state index in [1.807, 2.05) is 25.1 Å². The summed E-state index contributed by atoms with van der Waals surface area (Å²) in [5.74, 6) is -1.07. The molecule has 1 fully saturated rings. The molecule has 1 aromatic rings. The summed E-state index contributed by atoms with van der Waals surface area (Å²) >= 11 is 0. The van der Waals surface area contributed by atoms with Crippen LogP contribution in [0.15, 0.2) is 30.3 Å². The van der Waals surface area contributed by atoms with Gasteiger partial charge in [0, 0.05) is 13.2 Å². The van der Waals surface area contributed by atoms with Gasteiger partial charge in [-0.1, -0.05) is 37.3 Å². The van der Waals surface area contributed by atoms with Crippen LogP contribution in [0.5, 0.6) is 0 Å². The smallest absolute Gasteiger partial charge is 0.315 e. The fourth-order valence-corrected chi connectivity index (χ4v) is 2.87. The van der Waals surface area contributed by atoms with E-state index in [9.17, 15) is 14.7 Å². The fourth-order valence-electron chi connectivity index (χ4n) is 2.87. The van der Waals surface area contributed by atoms with Gasteiger partial charge in [-0.05, 0) is 24.8 Å². The van der Waals surface area contributed by atoms with Gasteiger partial charge in [0.15, 0.2) is 0 Å². The van der Waals surface area contributed by atoms with E-state index < -0.39 is 11.4 Å². The van der Waals surface area contributed by atoms with Crippen LogP contribution in [0.3, 0.4) is 0 Å². The number of rotatable bonds is 7. The highest BCUT2D eigenvalue weighted by Crippen LogP contribution is 2.28. The quantitative estimate of drug-likeness (QED) is 0.809. The van der Waals surface area contributed by atoms with Crippen LogP contribution in [0.2, 0.25) is 0 Å². The van der Waals surface area contributed by atoms with E-state index in [2.05, 4.69) is 5.32 Å². The third-order valence-corrected chi connectivity index (χ3v) is 4.36. The Morgan fingerprint density at radius 1 is 1.36 bits per heavy atom. The first-order valence-electron chi connectivity index (χ1n) is 7.75. The molecule has 1 saturated heterocycles. The number of hydrogen-bond donors (Lipinski definition) is 2. The molecule has 2 atom stereocenters. The van der Waals surface area contributed by atoms with E-state index in [1.165, 1.54) is 0 Å².